The fourth-order valence-electron chi connectivity index (χ4n) is 3.42. The summed E-state index contributed by atoms with van der Waals surface area (Å²) in [5, 5.41) is 2.77. The molecule has 0 bridgehead atoms. The zero-order valence-corrected chi connectivity index (χ0v) is 23.1. The first-order valence-corrected chi connectivity index (χ1v) is 17.3. The van der Waals surface area contributed by atoms with Crippen molar-refractivity contribution in [2.75, 3.05) is 0 Å². The van der Waals surface area contributed by atoms with Crippen molar-refractivity contribution in [3.63, 3.8) is 0 Å². The second-order valence-electron chi connectivity index (χ2n) is 11.9. The van der Waals surface area contributed by atoms with Crippen molar-refractivity contribution >= 4 is 32.7 Å². The maximum absolute atomic E-state index is 6.71. The molecule has 1 heterocycles. The van der Waals surface area contributed by atoms with Crippen LogP contribution in [0.1, 0.15) is 47.1 Å². The Morgan fingerprint density at radius 1 is 0.774 bits per heavy atom. The molecule has 0 N–H and O–H groups in total. The fourth-order valence-corrected chi connectivity index (χ4v) is 6.36. The maximum Gasteiger partial charge on any atom is 0.192 e. The number of hydrogen-bond donors (Lipinski definition) is 0. The number of furan rings is 1. The van der Waals surface area contributed by atoms with Crippen molar-refractivity contribution in [2.24, 2.45) is 0 Å². The summed E-state index contributed by atoms with van der Waals surface area (Å²) >= 11 is 0. The van der Waals surface area contributed by atoms with E-state index in [0.717, 1.165) is 5.58 Å². The Labute approximate surface area is 191 Å². The van der Waals surface area contributed by atoms with Crippen LogP contribution in [-0.2, 0) is 11.0 Å². The lowest BCUT2D eigenvalue weighted by Gasteiger charge is -2.38. The van der Waals surface area contributed by atoms with Gasteiger partial charge in [0, 0.05) is 10.9 Å². The molecule has 2 nitrogen and oxygen atoms in total. The predicted octanol–water partition coefficient (Wildman–Crippen LogP) is 8.34. The summed E-state index contributed by atoms with van der Waals surface area (Å²) in [4.78, 5) is 0. The van der Waals surface area contributed by atoms with E-state index in [2.05, 4.69) is 116 Å². The van der Waals surface area contributed by atoms with Gasteiger partial charge >= 0.3 is 0 Å². The molecule has 0 aliphatic carbocycles. The minimum absolute atomic E-state index is 0.185. The topological polar surface area (TPSA) is 22.4 Å². The molecule has 3 rings (SSSR count). The smallest absolute Gasteiger partial charge is 0.192 e. The number of fused-ring (bicyclic) bond motifs is 1. The van der Waals surface area contributed by atoms with Crippen molar-refractivity contribution in [3.05, 3.63) is 54.1 Å². The second kappa shape index (κ2) is 8.06. The quantitative estimate of drug-likeness (QED) is 0.363. The SMILES string of the molecule is CC(C)(C)[Si](C)(C)OCc1c([Si](C)(C)C(C)(C)C)oc2cc(-c3ccccc3)ccc12. The molecule has 0 atom stereocenters. The molecular weight excluding hydrogens is 412 g/mol. The lowest BCUT2D eigenvalue weighted by molar-refractivity contribution is 0.277. The standard InChI is InChI=1S/C27H40O2Si2/c1-26(2,3)30(7,8)25-23(19-28-31(9,10)27(4,5)6)22-17-16-21(18-24(22)29-25)20-14-12-11-13-15-20/h11-18H,19H2,1-10H3. The fraction of sp³-hybridized carbons (Fsp3) is 0.481. The molecule has 168 valence electrons. The lowest BCUT2D eigenvalue weighted by Crippen LogP contribution is -2.50. The summed E-state index contributed by atoms with van der Waals surface area (Å²) in [7, 11) is -3.74. The molecule has 31 heavy (non-hydrogen) atoms. The van der Waals surface area contributed by atoms with Crippen LogP contribution in [0.15, 0.2) is 52.9 Å². The highest BCUT2D eigenvalue weighted by molar-refractivity contribution is 6.91. The van der Waals surface area contributed by atoms with E-state index in [-0.39, 0.29) is 10.1 Å². The molecule has 0 spiro atoms. The highest BCUT2D eigenvalue weighted by Crippen LogP contribution is 2.40. The van der Waals surface area contributed by atoms with Gasteiger partial charge in [0.05, 0.1) is 12.0 Å². The molecule has 0 amide bonds. The summed E-state index contributed by atoms with van der Waals surface area (Å²) in [6, 6.07) is 17.2. The van der Waals surface area contributed by atoms with Gasteiger partial charge in [0.25, 0.3) is 0 Å². The van der Waals surface area contributed by atoms with Gasteiger partial charge in [-0.2, -0.15) is 0 Å². The third-order valence-electron chi connectivity index (χ3n) is 7.73. The van der Waals surface area contributed by atoms with E-state index in [1.54, 1.807) is 0 Å². The Hall–Kier alpha value is -1.63. The van der Waals surface area contributed by atoms with Crippen molar-refractivity contribution < 1.29 is 8.84 Å². The Balaban J connectivity index is 2.14. The van der Waals surface area contributed by atoms with E-state index < -0.39 is 16.4 Å². The van der Waals surface area contributed by atoms with E-state index in [9.17, 15) is 0 Å². The third-order valence-corrected chi connectivity index (χ3v) is 17.5. The van der Waals surface area contributed by atoms with Gasteiger partial charge in [-0.3, -0.25) is 0 Å². The first-order valence-electron chi connectivity index (χ1n) is 11.4. The van der Waals surface area contributed by atoms with Crippen LogP contribution < -0.4 is 5.38 Å². The van der Waals surface area contributed by atoms with Crippen molar-refractivity contribution in [3.8, 4) is 11.1 Å². The Morgan fingerprint density at radius 2 is 1.39 bits per heavy atom. The highest BCUT2D eigenvalue weighted by atomic mass is 28.4. The van der Waals surface area contributed by atoms with Gasteiger partial charge in [-0.15, -0.1) is 0 Å². The molecule has 4 heteroatoms. The van der Waals surface area contributed by atoms with Crippen LogP contribution in [0, 0.1) is 0 Å². The third kappa shape index (κ3) is 4.62. The van der Waals surface area contributed by atoms with Gasteiger partial charge in [-0.25, -0.2) is 0 Å². The molecule has 0 saturated heterocycles. The molecule has 0 saturated carbocycles. The van der Waals surface area contributed by atoms with Gasteiger partial charge < -0.3 is 8.84 Å². The summed E-state index contributed by atoms with van der Waals surface area (Å²) < 4.78 is 13.4. The molecule has 1 aromatic heterocycles. The lowest BCUT2D eigenvalue weighted by atomic mass is 10.0. The first-order chi connectivity index (χ1) is 14.1. The summed E-state index contributed by atoms with van der Waals surface area (Å²) in [5.74, 6) is 0. The van der Waals surface area contributed by atoms with Crippen LogP contribution in [0.2, 0.25) is 36.3 Å². The Bertz CT molecular complexity index is 1050. The van der Waals surface area contributed by atoms with Crippen LogP contribution in [0.3, 0.4) is 0 Å². The molecule has 0 aliphatic rings. The maximum atomic E-state index is 6.71. The molecular formula is C27H40O2Si2. The van der Waals surface area contributed by atoms with E-state index >= 15 is 0 Å². The Kier molecular flexibility index (Phi) is 6.24. The number of hydrogen-bond acceptors (Lipinski definition) is 2. The van der Waals surface area contributed by atoms with E-state index in [1.807, 2.05) is 0 Å². The van der Waals surface area contributed by atoms with Gasteiger partial charge in [-0.05, 0) is 40.4 Å². The van der Waals surface area contributed by atoms with E-state index in [0.29, 0.717) is 6.61 Å². The van der Waals surface area contributed by atoms with E-state index in [1.165, 1.54) is 27.5 Å². The minimum Gasteiger partial charge on any atom is -0.466 e. The van der Waals surface area contributed by atoms with Crippen molar-refractivity contribution in [2.45, 2.75) is 84.4 Å². The molecule has 0 fully saturated rings. The van der Waals surface area contributed by atoms with Gasteiger partial charge in [0.2, 0.25) is 0 Å². The first kappa shape index (κ1) is 24.0. The number of rotatable bonds is 5. The van der Waals surface area contributed by atoms with Crippen molar-refractivity contribution in [1.82, 2.24) is 0 Å². The molecule has 0 unspecified atom stereocenters. The van der Waals surface area contributed by atoms with Gasteiger partial charge in [0.15, 0.2) is 8.32 Å². The summed E-state index contributed by atoms with van der Waals surface area (Å²) in [6.45, 7) is 24.1. The molecule has 2 aromatic carbocycles. The number of benzene rings is 2. The summed E-state index contributed by atoms with van der Waals surface area (Å²) in [6.07, 6.45) is 0. The monoisotopic (exact) mass is 452 g/mol. The Morgan fingerprint density at radius 3 is 1.94 bits per heavy atom. The average Bonchev–Trinajstić information content (AvgIpc) is 3.04. The normalized spacial score (nSPS) is 13.7. The zero-order valence-electron chi connectivity index (χ0n) is 21.1. The second-order valence-corrected chi connectivity index (χ2v) is 21.9. The van der Waals surface area contributed by atoms with Crippen LogP contribution in [0.25, 0.3) is 22.1 Å². The molecule has 0 aliphatic heterocycles. The highest BCUT2D eigenvalue weighted by Gasteiger charge is 2.43. The largest absolute Gasteiger partial charge is 0.466 e. The van der Waals surface area contributed by atoms with Crippen LogP contribution in [-0.4, -0.2) is 16.4 Å². The van der Waals surface area contributed by atoms with Crippen LogP contribution in [0.4, 0.5) is 0 Å². The predicted molar refractivity (Wildman–Crippen MR) is 140 cm³/mol. The van der Waals surface area contributed by atoms with Crippen molar-refractivity contribution in [1.29, 1.82) is 0 Å². The van der Waals surface area contributed by atoms with Crippen LogP contribution in [0.5, 0.6) is 0 Å². The van der Waals surface area contributed by atoms with Gasteiger partial charge in [0.1, 0.15) is 13.7 Å². The van der Waals surface area contributed by atoms with Gasteiger partial charge in [-0.1, -0.05) is 97.1 Å². The van der Waals surface area contributed by atoms with E-state index in [4.69, 9.17) is 8.84 Å². The molecule has 0 radical (unpaired) electrons. The summed E-state index contributed by atoms with van der Waals surface area (Å²) in [5.41, 5.74) is 4.66. The minimum atomic E-state index is -1.88. The average molecular weight is 453 g/mol. The molecule has 3 aromatic rings. The zero-order chi connectivity index (χ0) is 23.2. The van der Waals surface area contributed by atoms with Crippen LogP contribution >= 0.6 is 0 Å².